The molecule has 1 aliphatic rings. The molecule has 0 radical (unpaired) electrons. The molecule has 0 bridgehead atoms. The van der Waals surface area contributed by atoms with Crippen LogP contribution >= 0.6 is 0 Å². The Morgan fingerprint density at radius 1 is 1.04 bits per heavy atom. The number of benzene rings is 2. The molecule has 1 aliphatic heterocycles. The fraction of sp³-hybridized carbons (Fsp3) is 0.263. The van der Waals surface area contributed by atoms with Gasteiger partial charge in [0.15, 0.2) is 0 Å². The molecule has 0 atom stereocenters. The van der Waals surface area contributed by atoms with Crippen LogP contribution in [0.5, 0.6) is 0 Å². The molecule has 0 saturated heterocycles. The van der Waals surface area contributed by atoms with Gasteiger partial charge in [-0.1, -0.05) is 30.3 Å². The molecule has 0 unspecified atom stereocenters. The summed E-state index contributed by atoms with van der Waals surface area (Å²) in [6.07, 6.45) is 0.870. The number of hydrogen-bond acceptors (Lipinski definition) is 2. The maximum absolute atomic E-state index is 12.5. The summed E-state index contributed by atoms with van der Waals surface area (Å²) in [7, 11) is 0. The van der Waals surface area contributed by atoms with Gasteiger partial charge in [0.2, 0.25) is 5.91 Å². The third-order valence-electron chi connectivity index (χ3n) is 4.22. The van der Waals surface area contributed by atoms with Gasteiger partial charge < -0.3 is 15.5 Å². The Kier molecular flexibility index (Phi) is 4.51. The summed E-state index contributed by atoms with van der Waals surface area (Å²) in [5.74, 6) is -0.130. The number of aryl methyl sites for hydroxylation is 1. The average Bonchev–Trinajstić information content (AvgIpc) is 2.57. The lowest BCUT2D eigenvalue weighted by molar-refractivity contribution is -0.114. The van der Waals surface area contributed by atoms with Crippen molar-refractivity contribution in [3.8, 4) is 0 Å². The predicted octanol–water partition coefficient (Wildman–Crippen LogP) is 3.54. The Morgan fingerprint density at radius 2 is 1.79 bits per heavy atom. The molecule has 1 heterocycles. The first-order chi connectivity index (χ1) is 11.5. The lowest BCUT2D eigenvalue weighted by Crippen LogP contribution is -2.38. The van der Waals surface area contributed by atoms with Crippen molar-refractivity contribution in [2.75, 3.05) is 17.2 Å². The van der Waals surface area contributed by atoms with Gasteiger partial charge in [0.1, 0.15) is 0 Å². The Balaban J connectivity index is 1.70. The van der Waals surface area contributed by atoms with Crippen molar-refractivity contribution in [3.63, 3.8) is 0 Å². The highest BCUT2D eigenvalue weighted by Gasteiger charge is 2.20. The molecule has 0 fully saturated rings. The molecule has 3 rings (SSSR count). The zero-order valence-corrected chi connectivity index (χ0v) is 13.9. The zero-order chi connectivity index (χ0) is 17.1. The van der Waals surface area contributed by atoms with E-state index in [9.17, 15) is 9.59 Å². The normalized spacial score (nSPS) is 13.2. The first-order valence-corrected chi connectivity index (χ1v) is 8.04. The maximum Gasteiger partial charge on any atom is 0.322 e. The van der Waals surface area contributed by atoms with Gasteiger partial charge >= 0.3 is 6.03 Å². The number of fused-ring (bicyclic) bond motifs is 1. The van der Waals surface area contributed by atoms with Crippen molar-refractivity contribution >= 4 is 23.3 Å². The standard InChI is InChI=1S/C19H21N3O2/c1-13-7-8-17(11-18(13)20-14(2)23)21-19(24)22-10-9-15-5-3-4-6-16(15)12-22/h3-8,11H,9-10,12H2,1-2H3,(H,20,23)(H,21,24). The molecule has 3 amide bonds. The summed E-state index contributed by atoms with van der Waals surface area (Å²) < 4.78 is 0. The number of carbonyl (C=O) groups is 2. The quantitative estimate of drug-likeness (QED) is 0.888. The minimum absolute atomic E-state index is 0.123. The lowest BCUT2D eigenvalue weighted by Gasteiger charge is -2.29. The summed E-state index contributed by atoms with van der Waals surface area (Å²) in [5.41, 5.74) is 4.85. The van der Waals surface area contributed by atoms with Crippen molar-refractivity contribution in [1.82, 2.24) is 4.90 Å². The van der Waals surface area contributed by atoms with Crippen LogP contribution in [-0.4, -0.2) is 23.4 Å². The van der Waals surface area contributed by atoms with E-state index in [4.69, 9.17) is 0 Å². The topological polar surface area (TPSA) is 61.4 Å². The second-order valence-corrected chi connectivity index (χ2v) is 6.08. The number of urea groups is 1. The SMILES string of the molecule is CC(=O)Nc1cc(NC(=O)N2CCc3ccccc3C2)ccc1C. The number of nitrogens with zero attached hydrogens (tertiary/aromatic N) is 1. The van der Waals surface area contributed by atoms with E-state index < -0.39 is 0 Å². The number of rotatable bonds is 2. The summed E-state index contributed by atoms with van der Waals surface area (Å²) in [6.45, 7) is 4.70. The monoisotopic (exact) mass is 323 g/mol. The largest absolute Gasteiger partial charge is 0.326 e. The molecule has 124 valence electrons. The molecule has 2 aromatic carbocycles. The summed E-state index contributed by atoms with van der Waals surface area (Å²) >= 11 is 0. The zero-order valence-electron chi connectivity index (χ0n) is 13.9. The fourth-order valence-electron chi connectivity index (χ4n) is 2.90. The van der Waals surface area contributed by atoms with Gasteiger partial charge in [-0.2, -0.15) is 0 Å². The van der Waals surface area contributed by atoms with E-state index in [0.717, 1.165) is 12.0 Å². The van der Waals surface area contributed by atoms with Crippen molar-refractivity contribution in [2.24, 2.45) is 0 Å². The lowest BCUT2D eigenvalue weighted by atomic mass is 10.0. The first-order valence-electron chi connectivity index (χ1n) is 8.04. The summed E-state index contributed by atoms with van der Waals surface area (Å²) in [5, 5.41) is 5.69. The van der Waals surface area contributed by atoms with Crippen LogP contribution in [0, 0.1) is 6.92 Å². The molecule has 2 aromatic rings. The number of nitrogens with one attached hydrogen (secondary N) is 2. The van der Waals surface area contributed by atoms with Crippen LogP contribution in [0.3, 0.4) is 0 Å². The molecule has 0 saturated carbocycles. The molecule has 0 spiro atoms. The Labute approximate surface area is 141 Å². The minimum Gasteiger partial charge on any atom is -0.326 e. The van der Waals surface area contributed by atoms with E-state index in [0.29, 0.717) is 24.5 Å². The van der Waals surface area contributed by atoms with Crippen LogP contribution in [-0.2, 0) is 17.8 Å². The first kappa shape index (κ1) is 16.1. The van der Waals surface area contributed by atoms with Crippen LogP contribution < -0.4 is 10.6 Å². The van der Waals surface area contributed by atoms with E-state index in [1.165, 1.54) is 18.1 Å². The number of hydrogen-bond donors (Lipinski definition) is 2. The van der Waals surface area contributed by atoms with Gasteiger partial charge in [-0.15, -0.1) is 0 Å². The number of amides is 3. The van der Waals surface area contributed by atoms with Crippen molar-refractivity contribution in [3.05, 3.63) is 59.2 Å². The van der Waals surface area contributed by atoms with E-state index in [-0.39, 0.29) is 11.9 Å². The van der Waals surface area contributed by atoms with Gasteiger partial charge in [0.05, 0.1) is 0 Å². The van der Waals surface area contributed by atoms with Gasteiger partial charge in [0.25, 0.3) is 0 Å². The van der Waals surface area contributed by atoms with Gasteiger partial charge in [-0.3, -0.25) is 4.79 Å². The maximum atomic E-state index is 12.5. The average molecular weight is 323 g/mol. The van der Waals surface area contributed by atoms with Gasteiger partial charge in [0, 0.05) is 31.4 Å². The molecule has 0 aliphatic carbocycles. The third-order valence-corrected chi connectivity index (χ3v) is 4.22. The highest BCUT2D eigenvalue weighted by Crippen LogP contribution is 2.22. The second kappa shape index (κ2) is 6.74. The molecular weight excluding hydrogens is 302 g/mol. The third kappa shape index (κ3) is 3.56. The fourth-order valence-corrected chi connectivity index (χ4v) is 2.90. The van der Waals surface area contributed by atoms with Gasteiger partial charge in [-0.25, -0.2) is 4.79 Å². The molecule has 5 heteroatoms. The second-order valence-electron chi connectivity index (χ2n) is 6.08. The number of carbonyl (C=O) groups excluding carboxylic acids is 2. The van der Waals surface area contributed by atoms with Crippen LogP contribution in [0.2, 0.25) is 0 Å². The Morgan fingerprint density at radius 3 is 2.54 bits per heavy atom. The molecule has 2 N–H and O–H groups in total. The predicted molar refractivity (Wildman–Crippen MR) is 95.1 cm³/mol. The summed E-state index contributed by atoms with van der Waals surface area (Å²) in [6, 6.07) is 13.6. The minimum atomic E-state index is -0.130. The van der Waals surface area contributed by atoms with Crippen molar-refractivity contribution in [2.45, 2.75) is 26.8 Å². The van der Waals surface area contributed by atoms with Crippen molar-refractivity contribution in [1.29, 1.82) is 0 Å². The van der Waals surface area contributed by atoms with E-state index in [2.05, 4.69) is 22.8 Å². The number of anilines is 2. The highest BCUT2D eigenvalue weighted by molar-refractivity contribution is 5.93. The summed E-state index contributed by atoms with van der Waals surface area (Å²) in [4.78, 5) is 25.6. The van der Waals surface area contributed by atoms with E-state index >= 15 is 0 Å². The molecule has 24 heavy (non-hydrogen) atoms. The van der Waals surface area contributed by atoms with Crippen LogP contribution in [0.4, 0.5) is 16.2 Å². The van der Waals surface area contributed by atoms with E-state index in [1.54, 1.807) is 11.0 Å². The van der Waals surface area contributed by atoms with Crippen LogP contribution in [0.25, 0.3) is 0 Å². The Bertz CT molecular complexity index is 786. The molecule has 0 aromatic heterocycles. The molecular formula is C19H21N3O2. The van der Waals surface area contributed by atoms with Crippen LogP contribution in [0.15, 0.2) is 42.5 Å². The van der Waals surface area contributed by atoms with Gasteiger partial charge in [-0.05, 0) is 42.2 Å². The smallest absolute Gasteiger partial charge is 0.322 e. The van der Waals surface area contributed by atoms with E-state index in [1.807, 2.05) is 31.2 Å². The van der Waals surface area contributed by atoms with Crippen molar-refractivity contribution < 1.29 is 9.59 Å². The molecule has 5 nitrogen and oxygen atoms in total. The Hall–Kier alpha value is -2.82. The highest BCUT2D eigenvalue weighted by atomic mass is 16.2. The van der Waals surface area contributed by atoms with Crippen LogP contribution in [0.1, 0.15) is 23.6 Å².